The van der Waals surface area contributed by atoms with Crippen molar-refractivity contribution in [1.29, 1.82) is 0 Å². The number of hydrogen-bond donors (Lipinski definition) is 2. The lowest BCUT2D eigenvalue weighted by atomic mass is 9.85. The number of nitrogens with zero attached hydrogens (tertiary/aromatic N) is 2. The van der Waals surface area contributed by atoms with Crippen LogP contribution in [0.5, 0.6) is 0 Å². The van der Waals surface area contributed by atoms with Crippen LogP contribution in [0.1, 0.15) is 40.5 Å². The van der Waals surface area contributed by atoms with Crippen molar-refractivity contribution in [2.24, 2.45) is 5.41 Å². The summed E-state index contributed by atoms with van der Waals surface area (Å²) in [5.74, 6) is 0. The average Bonchev–Trinajstić information content (AvgIpc) is 2.36. The third-order valence-corrected chi connectivity index (χ3v) is 3.58. The molecule has 0 saturated heterocycles. The van der Waals surface area contributed by atoms with E-state index in [1.807, 2.05) is 6.92 Å². The van der Waals surface area contributed by atoms with E-state index in [0.717, 1.165) is 6.42 Å². The Labute approximate surface area is 125 Å². The monoisotopic (exact) mass is 301 g/mol. The molecule has 114 valence electrons. The summed E-state index contributed by atoms with van der Waals surface area (Å²) in [6, 6.07) is 0.00762. The van der Waals surface area contributed by atoms with Crippen molar-refractivity contribution in [3.8, 4) is 0 Å². The second kappa shape index (κ2) is 7.09. The zero-order valence-electron chi connectivity index (χ0n) is 12.6. The van der Waals surface area contributed by atoms with Gasteiger partial charge < -0.3 is 10.4 Å². The van der Waals surface area contributed by atoms with Crippen molar-refractivity contribution in [3.63, 3.8) is 0 Å². The molecule has 2 N–H and O–H groups in total. The van der Waals surface area contributed by atoms with Crippen LogP contribution in [-0.4, -0.2) is 27.5 Å². The Hall–Kier alpha value is -1.07. The molecule has 6 heteroatoms. The quantitative estimate of drug-likeness (QED) is 0.847. The topological polar surface area (TPSA) is 67.2 Å². The molecule has 5 nitrogen and oxygen atoms in total. The number of anilines is 1. The van der Waals surface area contributed by atoms with Gasteiger partial charge in [-0.05, 0) is 18.3 Å². The lowest BCUT2D eigenvalue weighted by molar-refractivity contribution is 0.235. The summed E-state index contributed by atoms with van der Waals surface area (Å²) < 4.78 is 1.37. The first-order valence-electron chi connectivity index (χ1n) is 6.94. The Morgan fingerprint density at radius 1 is 1.50 bits per heavy atom. The molecule has 0 aromatic carbocycles. The summed E-state index contributed by atoms with van der Waals surface area (Å²) in [7, 11) is 0. The molecule has 1 rings (SSSR count). The van der Waals surface area contributed by atoms with E-state index in [2.05, 4.69) is 31.2 Å². The summed E-state index contributed by atoms with van der Waals surface area (Å²) in [6.07, 6.45) is 2.98. The summed E-state index contributed by atoms with van der Waals surface area (Å²) in [6.45, 7) is 8.82. The van der Waals surface area contributed by atoms with Crippen LogP contribution < -0.4 is 10.9 Å². The van der Waals surface area contributed by atoms with Gasteiger partial charge in [0.2, 0.25) is 0 Å². The van der Waals surface area contributed by atoms with Gasteiger partial charge in [-0.15, -0.1) is 0 Å². The van der Waals surface area contributed by atoms with Crippen molar-refractivity contribution in [3.05, 3.63) is 21.6 Å². The van der Waals surface area contributed by atoms with Gasteiger partial charge >= 0.3 is 0 Å². The normalized spacial score (nSPS) is 13.3. The third kappa shape index (κ3) is 4.21. The molecule has 0 saturated carbocycles. The molecule has 1 aromatic rings. The van der Waals surface area contributed by atoms with Crippen LogP contribution in [0.15, 0.2) is 11.0 Å². The van der Waals surface area contributed by atoms with Crippen molar-refractivity contribution in [2.75, 3.05) is 11.9 Å². The van der Waals surface area contributed by atoms with Crippen molar-refractivity contribution in [2.45, 2.75) is 53.1 Å². The van der Waals surface area contributed by atoms with E-state index in [0.29, 0.717) is 18.7 Å². The standard InChI is InChI=1S/C14H24ClN3O2/c1-5-7-18-13(20)12(15)10(9-16-18)17-11(6-8-19)14(2,3)4/h9,11,17,19H,5-8H2,1-4H3. The first-order chi connectivity index (χ1) is 9.31. The van der Waals surface area contributed by atoms with E-state index in [1.165, 1.54) is 4.68 Å². The van der Waals surface area contributed by atoms with Crippen molar-refractivity contribution in [1.82, 2.24) is 9.78 Å². The number of hydrogen-bond acceptors (Lipinski definition) is 4. The Kier molecular flexibility index (Phi) is 6.02. The lowest BCUT2D eigenvalue weighted by Crippen LogP contribution is -2.36. The number of aliphatic hydroxyl groups excluding tert-OH is 1. The fraction of sp³-hybridized carbons (Fsp3) is 0.714. The molecule has 1 aromatic heterocycles. The molecule has 0 aliphatic heterocycles. The second-order valence-corrected chi connectivity index (χ2v) is 6.35. The number of nitrogens with one attached hydrogen (secondary N) is 1. The minimum absolute atomic E-state index is 0.00762. The maximum Gasteiger partial charge on any atom is 0.287 e. The van der Waals surface area contributed by atoms with E-state index in [4.69, 9.17) is 16.7 Å². The van der Waals surface area contributed by atoms with E-state index < -0.39 is 0 Å². The minimum atomic E-state index is -0.282. The van der Waals surface area contributed by atoms with Gasteiger partial charge in [0.25, 0.3) is 5.56 Å². The van der Waals surface area contributed by atoms with E-state index >= 15 is 0 Å². The zero-order valence-corrected chi connectivity index (χ0v) is 13.4. The molecule has 20 heavy (non-hydrogen) atoms. The lowest BCUT2D eigenvalue weighted by Gasteiger charge is -2.32. The van der Waals surface area contributed by atoms with Crippen LogP contribution in [0.4, 0.5) is 5.69 Å². The van der Waals surface area contributed by atoms with Crippen LogP contribution in [0.25, 0.3) is 0 Å². The van der Waals surface area contributed by atoms with Crippen LogP contribution in [0.2, 0.25) is 5.02 Å². The van der Waals surface area contributed by atoms with Crippen LogP contribution in [-0.2, 0) is 6.54 Å². The summed E-state index contributed by atoms with van der Waals surface area (Å²) in [5.41, 5.74) is 0.178. The molecule has 1 heterocycles. The van der Waals surface area contributed by atoms with Gasteiger partial charge in [0, 0.05) is 19.2 Å². The summed E-state index contributed by atoms with van der Waals surface area (Å²) in [4.78, 5) is 12.0. The first kappa shape index (κ1) is 17.0. The Balaban J connectivity index is 3.03. The van der Waals surface area contributed by atoms with Gasteiger partial charge in [-0.3, -0.25) is 4.79 Å². The number of aliphatic hydroxyl groups is 1. The first-order valence-corrected chi connectivity index (χ1v) is 7.32. The van der Waals surface area contributed by atoms with E-state index in [9.17, 15) is 4.79 Å². The molecule has 0 aliphatic carbocycles. The largest absolute Gasteiger partial charge is 0.396 e. The molecule has 0 radical (unpaired) electrons. The highest BCUT2D eigenvalue weighted by Crippen LogP contribution is 2.27. The van der Waals surface area contributed by atoms with Crippen LogP contribution in [0, 0.1) is 5.41 Å². The second-order valence-electron chi connectivity index (χ2n) is 5.98. The van der Waals surface area contributed by atoms with Gasteiger partial charge in [-0.25, -0.2) is 4.68 Å². The smallest absolute Gasteiger partial charge is 0.287 e. The highest BCUT2D eigenvalue weighted by molar-refractivity contribution is 6.32. The van der Waals surface area contributed by atoms with Crippen LogP contribution in [0.3, 0.4) is 0 Å². The molecule has 0 amide bonds. The number of rotatable bonds is 6. The predicted octanol–water partition coefficient (Wildman–Crippen LogP) is 2.52. The average molecular weight is 302 g/mol. The van der Waals surface area contributed by atoms with Crippen molar-refractivity contribution >= 4 is 17.3 Å². The Morgan fingerprint density at radius 3 is 2.65 bits per heavy atom. The number of aromatic nitrogens is 2. The molecule has 1 atom stereocenters. The fourth-order valence-electron chi connectivity index (χ4n) is 1.98. The Bertz CT molecular complexity index is 494. The maximum atomic E-state index is 12.0. The molecule has 0 fully saturated rings. The minimum Gasteiger partial charge on any atom is -0.396 e. The molecule has 1 unspecified atom stereocenters. The zero-order chi connectivity index (χ0) is 15.3. The van der Waals surface area contributed by atoms with Crippen molar-refractivity contribution < 1.29 is 5.11 Å². The number of aryl methyl sites for hydroxylation is 1. The van der Waals surface area contributed by atoms with Gasteiger partial charge in [0.15, 0.2) is 0 Å². The summed E-state index contributed by atoms with van der Waals surface area (Å²) >= 11 is 6.13. The van der Waals surface area contributed by atoms with E-state index in [-0.39, 0.29) is 28.6 Å². The molecule has 0 aliphatic rings. The van der Waals surface area contributed by atoms with E-state index in [1.54, 1.807) is 6.20 Å². The Morgan fingerprint density at radius 2 is 2.15 bits per heavy atom. The highest BCUT2D eigenvalue weighted by Gasteiger charge is 2.25. The summed E-state index contributed by atoms with van der Waals surface area (Å²) in [5, 5.41) is 16.7. The van der Waals surface area contributed by atoms with Gasteiger partial charge in [0.05, 0.1) is 11.9 Å². The molecule has 0 bridgehead atoms. The predicted molar refractivity (Wildman–Crippen MR) is 82.4 cm³/mol. The van der Waals surface area contributed by atoms with Gasteiger partial charge in [0.1, 0.15) is 5.02 Å². The molecular formula is C14H24ClN3O2. The van der Waals surface area contributed by atoms with Crippen LogP contribution >= 0.6 is 11.6 Å². The SMILES string of the molecule is CCCn1ncc(NC(CCO)C(C)(C)C)c(Cl)c1=O. The maximum absolute atomic E-state index is 12.0. The molecular weight excluding hydrogens is 278 g/mol. The van der Waals surface area contributed by atoms with Gasteiger partial charge in [-0.1, -0.05) is 39.3 Å². The third-order valence-electron chi connectivity index (χ3n) is 3.21. The highest BCUT2D eigenvalue weighted by atomic mass is 35.5. The number of halogens is 1. The van der Waals surface area contributed by atoms with Gasteiger partial charge in [-0.2, -0.15) is 5.10 Å². The fourth-order valence-corrected chi connectivity index (χ4v) is 2.18. The molecule has 0 spiro atoms.